The lowest BCUT2D eigenvalue weighted by Crippen LogP contribution is -2.06. The zero-order chi connectivity index (χ0) is 39.6. The molecule has 5 nitrogen and oxygen atoms in total. The molecule has 0 atom stereocenters. The fourth-order valence-electron chi connectivity index (χ4n) is 8.96. The highest BCUT2D eigenvalue weighted by Gasteiger charge is 2.19. The summed E-state index contributed by atoms with van der Waals surface area (Å²) >= 11 is 0. The van der Waals surface area contributed by atoms with Crippen molar-refractivity contribution in [2.24, 2.45) is 0 Å². The summed E-state index contributed by atoms with van der Waals surface area (Å²) in [5.41, 5.74) is 12.1. The maximum atomic E-state index is 5.15. The summed E-state index contributed by atoms with van der Waals surface area (Å²) in [4.78, 5) is 15.3. The van der Waals surface area contributed by atoms with E-state index in [1.807, 2.05) is 60.7 Å². The Balaban J connectivity index is 1.01. The normalized spacial score (nSPS) is 11.7. The third-order valence-electron chi connectivity index (χ3n) is 11.8. The van der Waals surface area contributed by atoms with Crippen molar-refractivity contribution in [2.45, 2.75) is 0 Å². The van der Waals surface area contributed by atoms with Gasteiger partial charge in [0.1, 0.15) is 0 Å². The first-order valence-electron chi connectivity index (χ1n) is 20.3. The van der Waals surface area contributed by atoms with Gasteiger partial charge >= 0.3 is 0 Å². The van der Waals surface area contributed by atoms with Crippen molar-refractivity contribution in [2.75, 3.05) is 0 Å². The zero-order valence-corrected chi connectivity index (χ0v) is 32.4. The van der Waals surface area contributed by atoms with E-state index in [0.29, 0.717) is 17.6 Å². The number of rotatable bonds is 6. The molecule has 0 fully saturated rings. The molecule has 0 amide bonds. The third kappa shape index (κ3) is 5.52. The third-order valence-corrected chi connectivity index (χ3v) is 11.8. The van der Waals surface area contributed by atoms with Gasteiger partial charge in [-0.15, -0.1) is 0 Å². The van der Waals surface area contributed by atoms with Crippen LogP contribution in [0.15, 0.2) is 212 Å². The molecule has 3 heterocycles. The molecule has 280 valence electrons. The predicted octanol–water partition coefficient (Wildman–Crippen LogP) is 13.9. The van der Waals surface area contributed by atoms with Gasteiger partial charge in [-0.3, -0.25) is 4.57 Å². The van der Waals surface area contributed by atoms with Crippen LogP contribution in [0.4, 0.5) is 0 Å². The van der Waals surface area contributed by atoms with E-state index in [1.165, 1.54) is 43.7 Å². The number of aromatic nitrogens is 5. The van der Waals surface area contributed by atoms with Gasteiger partial charge in [0, 0.05) is 38.4 Å². The van der Waals surface area contributed by atoms with Crippen molar-refractivity contribution in [3.8, 4) is 56.7 Å². The van der Waals surface area contributed by atoms with Crippen molar-refractivity contribution in [1.82, 2.24) is 24.1 Å². The first kappa shape index (κ1) is 33.9. The maximum absolute atomic E-state index is 5.15. The van der Waals surface area contributed by atoms with Crippen LogP contribution in [0.1, 0.15) is 0 Å². The predicted molar refractivity (Wildman–Crippen MR) is 248 cm³/mol. The van der Waals surface area contributed by atoms with Gasteiger partial charge < -0.3 is 4.57 Å². The van der Waals surface area contributed by atoms with Crippen molar-refractivity contribution in [3.05, 3.63) is 212 Å². The summed E-state index contributed by atoms with van der Waals surface area (Å²) in [6.07, 6.45) is 0. The molecule has 12 aromatic rings. The molecule has 0 aliphatic heterocycles. The van der Waals surface area contributed by atoms with Crippen LogP contribution in [0, 0.1) is 0 Å². The van der Waals surface area contributed by atoms with Gasteiger partial charge in [0.2, 0.25) is 5.95 Å². The van der Waals surface area contributed by atoms with Crippen LogP contribution in [0.3, 0.4) is 0 Å². The summed E-state index contributed by atoms with van der Waals surface area (Å²) < 4.78 is 4.58. The summed E-state index contributed by atoms with van der Waals surface area (Å²) in [6.45, 7) is 0. The monoisotopic (exact) mass is 765 g/mol. The minimum Gasteiger partial charge on any atom is -0.309 e. The van der Waals surface area contributed by atoms with Crippen molar-refractivity contribution >= 4 is 54.4 Å². The molecule has 12 rings (SSSR count). The number of hydrogen-bond acceptors (Lipinski definition) is 3. The molecule has 0 saturated heterocycles. The molecule has 0 radical (unpaired) electrons. The van der Waals surface area contributed by atoms with E-state index in [-0.39, 0.29) is 0 Å². The zero-order valence-electron chi connectivity index (χ0n) is 32.4. The second kappa shape index (κ2) is 13.8. The minimum atomic E-state index is 0.580. The fraction of sp³-hybridized carbons (Fsp3) is 0. The lowest BCUT2D eigenvalue weighted by molar-refractivity contribution is 0.953. The van der Waals surface area contributed by atoms with Crippen LogP contribution < -0.4 is 0 Å². The van der Waals surface area contributed by atoms with Crippen LogP contribution in [0.5, 0.6) is 0 Å². The number of benzene rings is 9. The van der Waals surface area contributed by atoms with Crippen molar-refractivity contribution in [3.63, 3.8) is 0 Å². The molecule has 0 N–H and O–H groups in total. The van der Waals surface area contributed by atoms with Crippen LogP contribution in [0.25, 0.3) is 111 Å². The molecule has 0 spiro atoms. The van der Waals surface area contributed by atoms with E-state index in [2.05, 4.69) is 161 Å². The largest absolute Gasteiger partial charge is 0.309 e. The van der Waals surface area contributed by atoms with Gasteiger partial charge in [-0.05, 0) is 75.5 Å². The molecule has 5 heteroatoms. The summed E-state index contributed by atoms with van der Waals surface area (Å²) in [6, 6.07) is 75.3. The van der Waals surface area contributed by atoms with Gasteiger partial charge in [-0.1, -0.05) is 170 Å². The Morgan fingerprint density at radius 1 is 0.283 bits per heavy atom. The van der Waals surface area contributed by atoms with Crippen LogP contribution in [-0.4, -0.2) is 24.1 Å². The molecule has 60 heavy (non-hydrogen) atoms. The molecule has 0 aliphatic carbocycles. The maximum Gasteiger partial charge on any atom is 0.238 e. The molecule has 0 bridgehead atoms. The van der Waals surface area contributed by atoms with E-state index in [4.69, 9.17) is 15.0 Å². The number of hydrogen-bond donors (Lipinski definition) is 0. The smallest absolute Gasteiger partial charge is 0.238 e. The lowest BCUT2D eigenvalue weighted by atomic mass is 9.98. The highest BCUT2D eigenvalue weighted by Crippen LogP contribution is 2.39. The number of para-hydroxylation sites is 2. The fourth-order valence-corrected chi connectivity index (χ4v) is 8.96. The van der Waals surface area contributed by atoms with E-state index >= 15 is 0 Å². The summed E-state index contributed by atoms with van der Waals surface area (Å²) in [5.74, 6) is 1.84. The lowest BCUT2D eigenvalue weighted by Gasteiger charge is -2.12. The standard InChI is InChI=1S/C55H35N5/c1-3-15-38(16-4-1)53-56-54(39-17-5-2-6-18-39)58-55(57-53)60-50-25-12-9-21-45(50)47-32-28-41(35-52(47)60)40-29-33-51-48(34-40)46-22-10-11-24-49(46)59(51)42-30-26-37(27-31-42)44-23-13-19-36-14-7-8-20-43(36)44/h1-35H. The second-order valence-electron chi connectivity index (χ2n) is 15.3. The second-order valence-corrected chi connectivity index (χ2v) is 15.3. The Labute approximate surface area is 346 Å². The Bertz CT molecular complexity index is 3520. The van der Waals surface area contributed by atoms with Crippen LogP contribution in [-0.2, 0) is 0 Å². The Morgan fingerprint density at radius 3 is 1.52 bits per heavy atom. The Kier molecular flexibility index (Phi) is 7.78. The average molecular weight is 766 g/mol. The van der Waals surface area contributed by atoms with E-state index < -0.39 is 0 Å². The first-order valence-corrected chi connectivity index (χ1v) is 20.3. The summed E-state index contributed by atoms with van der Waals surface area (Å²) in [7, 11) is 0. The molecule has 0 aliphatic rings. The SMILES string of the molecule is c1ccc(-c2nc(-c3ccccc3)nc(-n3c4ccccc4c4ccc(-c5ccc6c(c5)c5ccccc5n6-c5ccc(-c6cccc7ccccc67)cc5)cc43)n2)cc1. The van der Waals surface area contributed by atoms with Gasteiger partial charge in [0.15, 0.2) is 11.6 Å². The van der Waals surface area contributed by atoms with E-state index in [0.717, 1.165) is 49.7 Å². The van der Waals surface area contributed by atoms with Gasteiger partial charge in [-0.25, -0.2) is 4.98 Å². The van der Waals surface area contributed by atoms with Crippen molar-refractivity contribution in [1.29, 1.82) is 0 Å². The van der Waals surface area contributed by atoms with E-state index in [1.54, 1.807) is 0 Å². The Morgan fingerprint density at radius 2 is 0.800 bits per heavy atom. The van der Waals surface area contributed by atoms with E-state index in [9.17, 15) is 0 Å². The molecular weight excluding hydrogens is 731 g/mol. The molecule has 9 aromatic carbocycles. The van der Waals surface area contributed by atoms with Crippen LogP contribution >= 0.6 is 0 Å². The van der Waals surface area contributed by atoms with Crippen LogP contribution in [0.2, 0.25) is 0 Å². The quantitative estimate of drug-likeness (QED) is 0.169. The molecule has 0 saturated carbocycles. The Hall–Kier alpha value is -8.15. The van der Waals surface area contributed by atoms with Gasteiger partial charge in [0.25, 0.3) is 0 Å². The first-order chi connectivity index (χ1) is 29.7. The van der Waals surface area contributed by atoms with Crippen molar-refractivity contribution < 1.29 is 0 Å². The average Bonchev–Trinajstić information content (AvgIpc) is 3.84. The topological polar surface area (TPSA) is 48.5 Å². The molecular formula is C55H35N5. The van der Waals surface area contributed by atoms with Gasteiger partial charge in [0.05, 0.1) is 22.1 Å². The highest BCUT2D eigenvalue weighted by molar-refractivity contribution is 6.12. The minimum absolute atomic E-state index is 0.580. The van der Waals surface area contributed by atoms with Gasteiger partial charge in [-0.2, -0.15) is 9.97 Å². The number of nitrogens with zero attached hydrogens (tertiary/aromatic N) is 5. The molecule has 0 unspecified atom stereocenters. The molecule has 3 aromatic heterocycles. The summed E-state index contributed by atoms with van der Waals surface area (Å²) in [5, 5.41) is 7.22. The number of fused-ring (bicyclic) bond motifs is 7. The highest BCUT2D eigenvalue weighted by atomic mass is 15.2.